The van der Waals surface area contributed by atoms with Gasteiger partial charge in [-0.2, -0.15) is 5.10 Å². The van der Waals surface area contributed by atoms with Gasteiger partial charge in [-0.3, -0.25) is 19.1 Å². The van der Waals surface area contributed by atoms with E-state index in [-0.39, 0.29) is 35.2 Å². The number of aryl methyl sites for hydroxylation is 1. The van der Waals surface area contributed by atoms with Gasteiger partial charge < -0.3 is 25.6 Å². The van der Waals surface area contributed by atoms with Crippen LogP contribution in [0.15, 0.2) is 30.3 Å². The number of methoxy groups -OCH3 is 1. The SMILES string of the molecule is COc1cccc(C(=O)N2CCCN(C(=O)c3cc(C(C)(C)C)nn3C)C2C(=O)NC2CCC(N)CC2)c1. The molecule has 1 aliphatic heterocycles. The third kappa shape index (κ3) is 5.85. The Kier molecular flexibility index (Phi) is 8.10. The zero-order chi connectivity index (χ0) is 27.6. The van der Waals surface area contributed by atoms with E-state index in [4.69, 9.17) is 10.5 Å². The molecule has 1 saturated carbocycles. The molecule has 3 N–H and O–H groups in total. The average Bonchev–Trinajstić information content (AvgIpc) is 3.30. The van der Waals surface area contributed by atoms with E-state index < -0.39 is 6.17 Å². The summed E-state index contributed by atoms with van der Waals surface area (Å²) < 4.78 is 6.86. The lowest BCUT2D eigenvalue weighted by atomic mass is 9.91. The third-order valence-electron chi connectivity index (χ3n) is 7.45. The summed E-state index contributed by atoms with van der Waals surface area (Å²) in [5.41, 5.74) is 7.37. The first-order valence-electron chi connectivity index (χ1n) is 13.4. The molecule has 0 spiro atoms. The fourth-order valence-corrected chi connectivity index (χ4v) is 5.17. The number of carbonyl (C=O) groups excluding carboxylic acids is 3. The summed E-state index contributed by atoms with van der Waals surface area (Å²) >= 11 is 0. The van der Waals surface area contributed by atoms with E-state index in [0.717, 1.165) is 31.4 Å². The normalized spacial score (nSPS) is 22.2. The maximum absolute atomic E-state index is 13.9. The lowest BCUT2D eigenvalue weighted by Crippen LogP contribution is -2.64. The minimum atomic E-state index is -1.08. The number of hydrogen-bond acceptors (Lipinski definition) is 6. The third-order valence-corrected chi connectivity index (χ3v) is 7.45. The number of nitrogens with zero attached hydrogens (tertiary/aromatic N) is 4. The molecule has 10 heteroatoms. The summed E-state index contributed by atoms with van der Waals surface area (Å²) in [6.07, 6.45) is 2.67. The Morgan fingerprint density at radius 3 is 2.29 bits per heavy atom. The van der Waals surface area contributed by atoms with Crippen LogP contribution in [0.4, 0.5) is 0 Å². The van der Waals surface area contributed by atoms with Crippen LogP contribution in [0.25, 0.3) is 0 Å². The van der Waals surface area contributed by atoms with Crippen LogP contribution in [-0.2, 0) is 17.3 Å². The first kappa shape index (κ1) is 27.6. The van der Waals surface area contributed by atoms with Crippen molar-refractivity contribution in [1.82, 2.24) is 24.9 Å². The van der Waals surface area contributed by atoms with E-state index in [2.05, 4.69) is 10.4 Å². The average molecular weight is 525 g/mol. The molecule has 1 atom stereocenters. The van der Waals surface area contributed by atoms with Gasteiger partial charge in [-0.05, 0) is 56.4 Å². The van der Waals surface area contributed by atoms with Gasteiger partial charge in [-0.25, -0.2) is 0 Å². The number of carbonyl (C=O) groups is 3. The largest absolute Gasteiger partial charge is 0.497 e. The predicted molar refractivity (Wildman–Crippen MR) is 144 cm³/mol. The Bertz CT molecular complexity index is 1180. The summed E-state index contributed by atoms with van der Waals surface area (Å²) in [5.74, 6) is -0.463. The van der Waals surface area contributed by atoms with Crippen molar-refractivity contribution in [3.05, 3.63) is 47.3 Å². The van der Waals surface area contributed by atoms with Gasteiger partial charge in [0.2, 0.25) is 0 Å². The van der Waals surface area contributed by atoms with Crippen molar-refractivity contribution >= 4 is 17.7 Å². The van der Waals surface area contributed by atoms with E-state index in [9.17, 15) is 14.4 Å². The second-order valence-corrected chi connectivity index (χ2v) is 11.4. The van der Waals surface area contributed by atoms with Gasteiger partial charge in [0.25, 0.3) is 17.7 Å². The highest BCUT2D eigenvalue weighted by Crippen LogP contribution is 2.26. The molecular formula is C28H40N6O4. The minimum absolute atomic E-state index is 0.0425. The summed E-state index contributed by atoms with van der Waals surface area (Å²) in [6, 6.07) is 8.72. The lowest BCUT2D eigenvalue weighted by Gasteiger charge is -2.43. The molecule has 2 fully saturated rings. The fraction of sp³-hybridized carbons (Fsp3) is 0.571. The topological polar surface area (TPSA) is 123 Å². The van der Waals surface area contributed by atoms with Gasteiger partial charge in [-0.1, -0.05) is 26.8 Å². The summed E-state index contributed by atoms with van der Waals surface area (Å²) in [6.45, 7) is 6.80. The number of amides is 3. The Morgan fingerprint density at radius 1 is 1.03 bits per heavy atom. The molecule has 2 aromatic rings. The number of nitrogens with two attached hydrogens (primary N) is 1. The molecule has 0 bridgehead atoms. The molecule has 38 heavy (non-hydrogen) atoms. The number of aromatic nitrogens is 2. The van der Waals surface area contributed by atoms with Crippen LogP contribution < -0.4 is 15.8 Å². The van der Waals surface area contributed by atoms with Gasteiger partial charge in [0.05, 0.1) is 12.8 Å². The molecule has 1 saturated heterocycles. The Morgan fingerprint density at radius 2 is 1.68 bits per heavy atom. The zero-order valence-electron chi connectivity index (χ0n) is 23.1. The first-order chi connectivity index (χ1) is 18.0. The van der Waals surface area contributed by atoms with Crippen LogP contribution in [0.5, 0.6) is 5.75 Å². The van der Waals surface area contributed by atoms with E-state index in [1.165, 1.54) is 16.9 Å². The maximum atomic E-state index is 13.9. The second kappa shape index (κ2) is 11.1. The molecule has 2 aliphatic rings. The van der Waals surface area contributed by atoms with Crippen LogP contribution in [0, 0.1) is 0 Å². The van der Waals surface area contributed by atoms with E-state index in [0.29, 0.717) is 36.5 Å². The van der Waals surface area contributed by atoms with Crippen molar-refractivity contribution in [3.63, 3.8) is 0 Å². The van der Waals surface area contributed by atoms with Crippen molar-refractivity contribution in [3.8, 4) is 5.75 Å². The van der Waals surface area contributed by atoms with Crippen molar-refractivity contribution < 1.29 is 19.1 Å². The standard InChI is InChI=1S/C28H40N6O4/c1-28(2,3)23-17-22(32(4)31-23)27(37)34-15-7-14-33(26(36)18-8-6-9-21(16-18)38-5)25(34)24(35)30-20-12-10-19(29)11-13-20/h6,8-9,16-17,19-20,25H,7,10-15,29H2,1-5H3,(H,30,35). The fourth-order valence-electron chi connectivity index (χ4n) is 5.17. The van der Waals surface area contributed by atoms with Crippen molar-refractivity contribution in [2.75, 3.05) is 20.2 Å². The summed E-state index contributed by atoms with van der Waals surface area (Å²) in [5, 5.41) is 7.67. The van der Waals surface area contributed by atoms with Crippen molar-refractivity contribution in [2.24, 2.45) is 12.8 Å². The molecule has 4 rings (SSSR count). The number of ether oxygens (including phenoxy) is 1. The van der Waals surface area contributed by atoms with Crippen LogP contribution in [0.3, 0.4) is 0 Å². The van der Waals surface area contributed by atoms with Gasteiger partial charge in [0.1, 0.15) is 11.4 Å². The van der Waals surface area contributed by atoms with Gasteiger partial charge in [-0.15, -0.1) is 0 Å². The molecule has 2 heterocycles. The van der Waals surface area contributed by atoms with E-state index in [1.54, 1.807) is 42.1 Å². The molecular weight excluding hydrogens is 484 g/mol. The summed E-state index contributed by atoms with van der Waals surface area (Å²) in [4.78, 5) is 44.5. The Balaban J connectivity index is 1.67. The molecule has 10 nitrogen and oxygen atoms in total. The highest BCUT2D eigenvalue weighted by atomic mass is 16.5. The highest BCUT2D eigenvalue weighted by molar-refractivity contribution is 6.01. The van der Waals surface area contributed by atoms with Crippen LogP contribution in [-0.4, -0.2) is 75.8 Å². The van der Waals surface area contributed by atoms with Gasteiger partial charge in [0.15, 0.2) is 6.17 Å². The van der Waals surface area contributed by atoms with Crippen molar-refractivity contribution in [1.29, 1.82) is 0 Å². The Labute approximate surface area is 224 Å². The quantitative estimate of drug-likeness (QED) is 0.619. The Hall–Kier alpha value is -3.40. The molecule has 1 aromatic heterocycles. The lowest BCUT2D eigenvalue weighted by molar-refractivity contribution is -0.133. The number of rotatable bonds is 5. The monoisotopic (exact) mass is 524 g/mol. The van der Waals surface area contributed by atoms with Gasteiger partial charge >= 0.3 is 0 Å². The van der Waals surface area contributed by atoms with E-state index in [1.807, 2.05) is 20.8 Å². The number of hydrogen-bond donors (Lipinski definition) is 2. The van der Waals surface area contributed by atoms with Crippen molar-refractivity contribution in [2.45, 2.75) is 76.5 Å². The smallest absolute Gasteiger partial charge is 0.274 e. The maximum Gasteiger partial charge on any atom is 0.274 e. The second-order valence-electron chi connectivity index (χ2n) is 11.4. The zero-order valence-corrected chi connectivity index (χ0v) is 23.1. The molecule has 1 aromatic carbocycles. The van der Waals surface area contributed by atoms with E-state index >= 15 is 0 Å². The molecule has 3 amide bonds. The molecule has 0 radical (unpaired) electrons. The first-order valence-corrected chi connectivity index (χ1v) is 13.4. The minimum Gasteiger partial charge on any atom is -0.497 e. The van der Waals surface area contributed by atoms with Crippen LogP contribution in [0.1, 0.15) is 79.4 Å². The number of nitrogens with one attached hydrogen (secondary N) is 1. The number of benzene rings is 1. The highest BCUT2D eigenvalue weighted by Gasteiger charge is 2.42. The predicted octanol–water partition coefficient (Wildman–Crippen LogP) is 2.43. The van der Waals surface area contributed by atoms with Crippen LogP contribution >= 0.6 is 0 Å². The van der Waals surface area contributed by atoms with Crippen LogP contribution in [0.2, 0.25) is 0 Å². The van der Waals surface area contributed by atoms with Gasteiger partial charge in [0, 0.05) is 43.2 Å². The summed E-state index contributed by atoms with van der Waals surface area (Å²) in [7, 11) is 3.27. The molecule has 1 unspecified atom stereocenters. The molecule has 1 aliphatic carbocycles. The molecule has 206 valence electrons.